The van der Waals surface area contributed by atoms with Crippen molar-refractivity contribution >= 4 is 16.6 Å². The van der Waals surface area contributed by atoms with Crippen LogP contribution >= 0.6 is 0 Å². The quantitative estimate of drug-likeness (QED) is 0.315. The van der Waals surface area contributed by atoms with Crippen molar-refractivity contribution in [2.45, 2.75) is 71.2 Å². The topological polar surface area (TPSA) is 50.3 Å². The second-order valence-electron chi connectivity index (χ2n) is 11.8. The van der Waals surface area contributed by atoms with Gasteiger partial charge in [-0.15, -0.1) is 10.2 Å². The fraction of sp³-hybridized carbons (Fsp3) is 0.375. The van der Waals surface area contributed by atoms with Crippen LogP contribution in [0.3, 0.4) is 0 Å². The summed E-state index contributed by atoms with van der Waals surface area (Å²) in [7, 11) is 2.14. The van der Waals surface area contributed by atoms with Gasteiger partial charge >= 0.3 is 0 Å². The van der Waals surface area contributed by atoms with Gasteiger partial charge in [-0.3, -0.25) is 0 Å². The molecule has 5 heteroatoms. The molecule has 0 aliphatic carbocycles. The highest BCUT2D eigenvalue weighted by Gasteiger charge is 2.39. The molecule has 0 unspecified atom stereocenters. The van der Waals surface area contributed by atoms with E-state index in [1.807, 2.05) is 18.2 Å². The molecule has 1 aromatic heterocycles. The summed E-state index contributed by atoms with van der Waals surface area (Å²) in [6, 6.07) is 25.6. The molecule has 5 rings (SSSR count). The van der Waals surface area contributed by atoms with E-state index < -0.39 is 0 Å². The molecule has 1 aliphatic rings. The molecule has 1 fully saturated rings. The number of hydrogen-bond acceptors (Lipinski definition) is 5. The molecule has 4 aromatic rings. The number of piperidine rings is 1. The Labute approximate surface area is 220 Å². The molecule has 0 radical (unpaired) electrons. The largest absolute Gasteiger partial charge is 0.488 e. The molecule has 37 heavy (non-hydrogen) atoms. The summed E-state index contributed by atoms with van der Waals surface area (Å²) in [6.45, 7) is 11.7. The zero-order chi connectivity index (χ0) is 26.2. The number of aromatic nitrogens is 2. The number of aryl methyl sites for hydroxylation is 1. The minimum absolute atomic E-state index is 0.0719. The predicted octanol–water partition coefficient (Wildman–Crippen LogP) is 6.93. The Morgan fingerprint density at radius 1 is 0.865 bits per heavy atom. The molecule has 1 saturated heterocycles. The zero-order valence-corrected chi connectivity index (χ0v) is 22.9. The van der Waals surface area contributed by atoms with Crippen molar-refractivity contribution in [1.82, 2.24) is 15.5 Å². The number of hydrogen-bond donors (Lipinski definition) is 1. The summed E-state index contributed by atoms with van der Waals surface area (Å²) >= 11 is 0. The van der Waals surface area contributed by atoms with Crippen LogP contribution in [0.2, 0.25) is 0 Å². The molecule has 1 aliphatic heterocycles. The van der Waals surface area contributed by atoms with Crippen molar-refractivity contribution in [2.24, 2.45) is 0 Å². The molecule has 0 bridgehead atoms. The van der Waals surface area contributed by atoms with E-state index in [0.29, 0.717) is 12.6 Å². The van der Waals surface area contributed by atoms with Gasteiger partial charge in [-0.2, -0.15) is 0 Å². The Hall–Kier alpha value is -3.44. The Kier molecular flexibility index (Phi) is 6.67. The van der Waals surface area contributed by atoms with Gasteiger partial charge in [0.2, 0.25) is 0 Å². The third kappa shape index (κ3) is 5.78. The fourth-order valence-corrected chi connectivity index (χ4v) is 5.84. The Morgan fingerprint density at radius 2 is 1.59 bits per heavy atom. The first-order valence-corrected chi connectivity index (χ1v) is 13.2. The van der Waals surface area contributed by atoms with Crippen LogP contribution in [0, 0.1) is 6.92 Å². The second-order valence-corrected chi connectivity index (χ2v) is 11.8. The van der Waals surface area contributed by atoms with Crippen molar-refractivity contribution < 1.29 is 4.74 Å². The van der Waals surface area contributed by atoms with Crippen molar-refractivity contribution in [3.05, 3.63) is 83.9 Å². The number of nitrogens with zero attached hydrogens (tertiary/aromatic N) is 3. The lowest BCUT2D eigenvalue weighted by Crippen LogP contribution is -2.62. The fourth-order valence-electron chi connectivity index (χ4n) is 5.84. The zero-order valence-electron chi connectivity index (χ0n) is 22.9. The summed E-state index contributed by atoms with van der Waals surface area (Å²) in [6.07, 6.45) is 2.11. The van der Waals surface area contributed by atoms with E-state index in [-0.39, 0.29) is 11.1 Å². The number of rotatable bonds is 6. The SMILES string of the molecule is Cc1ccc2cc(-c3ccc(N(C)C4CC(C)(C)NC(C)(C)C4)nn3)c(OCc3ccccc3)cc2c1. The van der Waals surface area contributed by atoms with E-state index in [2.05, 4.69) is 112 Å². The first-order chi connectivity index (χ1) is 17.6. The van der Waals surface area contributed by atoms with E-state index in [4.69, 9.17) is 9.84 Å². The van der Waals surface area contributed by atoms with Crippen LogP contribution in [-0.2, 0) is 6.61 Å². The van der Waals surface area contributed by atoms with E-state index in [0.717, 1.165) is 52.0 Å². The lowest BCUT2D eigenvalue weighted by molar-refractivity contribution is 0.160. The first kappa shape index (κ1) is 25.2. The average molecular weight is 495 g/mol. The van der Waals surface area contributed by atoms with Gasteiger partial charge < -0.3 is 15.0 Å². The van der Waals surface area contributed by atoms with E-state index in [1.165, 1.54) is 5.56 Å². The lowest BCUT2D eigenvalue weighted by Gasteiger charge is -2.49. The highest BCUT2D eigenvalue weighted by Crippen LogP contribution is 2.36. The van der Waals surface area contributed by atoms with Crippen LogP contribution in [0.5, 0.6) is 5.75 Å². The van der Waals surface area contributed by atoms with Crippen LogP contribution < -0.4 is 15.0 Å². The van der Waals surface area contributed by atoms with Crippen molar-refractivity contribution in [3.63, 3.8) is 0 Å². The molecule has 0 saturated carbocycles. The average Bonchev–Trinajstić information content (AvgIpc) is 2.85. The van der Waals surface area contributed by atoms with Gasteiger partial charge in [0.05, 0.1) is 5.69 Å². The van der Waals surface area contributed by atoms with E-state index in [1.54, 1.807) is 0 Å². The van der Waals surface area contributed by atoms with Gasteiger partial charge in [0.25, 0.3) is 0 Å². The molecule has 0 spiro atoms. The number of nitrogens with one attached hydrogen (secondary N) is 1. The molecule has 5 nitrogen and oxygen atoms in total. The van der Waals surface area contributed by atoms with Crippen LogP contribution in [-0.4, -0.2) is 34.4 Å². The van der Waals surface area contributed by atoms with Gasteiger partial charge in [-0.25, -0.2) is 0 Å². The number of anilines is 1. The molecule has 3 aromatic carbocycles. The number of ether oxygens (including phenoxy) is 1. The maximum absolute atomic E-state index is 6.36. The molecular formula is C32H38N4O. The molecule has 0 amide bonds. The third-order valence-corrected chi connectivity index (χ3v) is 7.34. The van der Waals surface area contributed by atoms with Gasteiger partial charge in [0, 0.05) is 29.7 Å². The van der Waals surface area contributed by atoms with Crippen LogP contribution in [0.15, 0.2) is 72.8 Å². The predicted molar refractivity (Wildman–Crippen MR) is 153 cm³/mol. The maximum atomic E-state index is 6.36. The van der Waals surface area contributed by atoms with Crippen LogP contribution in [0.4, 0.5) is 5.82 Å². The summed E-state index contributed by atoms with van der Waals surface area (Å²) in [5.74, 6) is 1.71. The molecule has 2 heterocycles. The second kappa shape index (κ2) is 9.79. The molecule has 192 valence electrons. The van der Waals surface area contributed by atoms with Crippen molar-refractivity contribution in [1.29, 1.82) is 0 Å². The highest BCUT2D eigenvalue weighted by molar-refractivity contribution is 5.90. The van der Waals surface area contributed by atoms with Gasteiger partial charge in [0.1, 0.15) is 12.4 Å². The van der Waals surface area contributed by atoms with Crippen molar-refractivity contribution in [2.75, 3.05) is 11.9 Å². The van der Waals surface area contributed by atoms with E-state index >= 15 is 0 Å². The van der Waals surface area contributed by atoms with Crippen LogP contribution in [0.25, 0.3) is 22.0 Å². The third-order valence-electron chi connectivity index (χ3n) is 7.34. The molecular weight excluding hydrogens is 456 g/mol. The highest BCUT2D eigenvalue weighted by atomic mass is 16.5. The maximum Gasteiger partial charge on any atom is 0.151 e. The van der Waals surface area contributed by atoms with Gasteiger partial charge in [-0.05, 0) is 88.1 Å². The molecule has 1 N–H and O–H groups in total. The number of fused-ring (bicyclic) bond motifs is 1. The summed E-state index contributed by atoms with van der Waals surface area (Å²) in [5.41, 5.74) is 4.27. The summed E-state index contributed by atoms with van der Waals surface area (Å²) in [4.78, 5) is 2.29. The van der Waals surface area contributed by atoms with Crippen LogP contribution in [0.1, 0.15) is 51.7 Å². The lowest BCUT2D eigenvalue weighted by atomic mass is 9.79. The van der Waals surface area contributed by atoms with Crippen molar-refractivity contribution in [3.8, 4) is 17.0 Å². The summed E-state index contributed by atoms with van der Waals surface area (Å²) in [5, 5.41) is 15.5. The standard InChI is InChI=1S/C32H38N4O/c1-22-12-13-24-17-27(29(18-25(24)16-22)37-21-23-10-8-7-9-11-23)28-14-15-30(34-33-28)36(6)26-19-31(2,3)35-32(4,5)20-26/h7-18,26,35H,19-21H2,1-6H3. The van der Waals surface area contributed by atoms with Gasteiger partial charge in [-0.1, -0.05) is 54.1 Å². The minimum Gasteiger partial charge on any atom is -0.488 e. The monoisotopic (exact) mass is 494 g/mol. The normalized spacial score (nSPS) is 17.0. The van der Waals surface area contributed by atoms with E-state index in [9.17, 15) is 0 Å². The van der Waals surface area contributed by atoms with Gasteiger partial charge in [0.15, 0.2) is 5.82 Å². The smallest absolute Gasteiger partial charge is 0.151 e. The Morgan fingerprint density at radius 3 is 2.27 bits per heavy atom. The first-order valence-electron chi connectivity index (χ1n) is 13.2. The number of benzene rings is 3. The molecule has 0 atom stereocenters. The minimum atomic E-state index is 0.0719. The summed E-state index contributed by atoms with van der Waals surface area (Å²) < 4.78 is 6.36. The Bertz CT molecular complexity index is 1360. The Balaban J connectivity index is 1.45.